The van der Waals surface area contributed by atoms with E-state index in [1.165, 1.54) is 5.56 Å². The summed E-state index contributed by atoms with van der Waals surface area (Å²) in [5.74, 6) is 1.72. The number of anilines is 1. The van der Waals surface area contributed by atoms with Crippen LogP contribution in [0.2, 0.25) is 0 Å². The molecule has 0 radical (unpaired) electrons. The highest BCUT2D eigenvalue weighted by atomic mass is 16.2. The number of benzene rings is 1. The first-order chi connectivity index (χ1) is 12.2. The molecule has 1 unspecified atom stereocenters. The molecule has 1 aromatic heterocycles. The highest BCUT2D eigenvalue weighted by Crippen LogP contribution is 2.42. The molecule has 1 amide bonds. The third-order valence-electron chi connectivity index (χ3n) is 6.04. The van der Waals surface area contributed by atoms with Crippen LogP contribution in [-0.4, -0.2) is 67.0 Å². The zero-order valence-corrected chi connectivity index (χ0v) is 14.7. The van der Waals surface area contributed by atoms with Crippen LogP contribution in [0.15, 0.2) is 24.3 Å². The number of amides is 1. The number of piperidine rings is 1. The van der Waals surface area contributed by atoms with E-state index in [0.29, 0.717) is 5.92 Å². The van der Waals surface area contributed by atoms with Crippen molar-refractivity contribution in [3.63, 3.8) is 0 Å². The smallest absolute Gasteiger partial charge is 0.254 e. The van der Waals surface area contributed by atoms with E-state index in [1.807, 2.05) is 18.2 Å². The first-order valence-electron chi connectivity index (χ1n) is 9.38. The summed E-state index contributed by atoms with van der Waals surface area (Å²) in [6.07, 6.45) is 2.27. The molecule has 4 heterocycles. The van der Waals surface area contributed by atoms with Gasteiger partial charge in [0.2, 0.25) is 0 Å². The van der Waals surface area contributed by atoms with E-state index >= 15 is 0 Å². The lowest BCUT2D eigenvalue weighted by atomic mass is 9.82. The molecule has 5 heteroatoms. The zero-order valence-electron chi connectivity index (χ0n) is 14.7. The van der Waals surface area contributed by atoms with Crippen LogP contribution in [0.3, 0.4) is 0 Å². The minimum Gasteiger partial charge on any atom is -0.354 e. The molecule has 2 bridgehead atoms. The van der Waals surface area contributed by atoms with Crippen molar-refractivity contribution in [2.75, 3.05) is 51.2 Å². The number of hydrogen-bond donors (Lipinski definition) is 0. The predicted molar refractivity (Wildman–Crippen MR) is 99.3 cm³/mol. The third-order valence-corrected chi connectivity index (χ3v) is 6.04. The third kappa shape index (κ3) is 2.33. The summed E-state index contributed by atoms with van der Waals surface area (Å²) in [5.41, 5.74) is 3.10. The summed E-state index contributed by atoms with van der Waals surface area (Å²) in [4.78, 5) is 25.1. The van der Waals surface area contributed by atoms with Crippen LogP contribution >= 0.6 is 0 Å². The molecule has 5 rings (SSSR count). The van der Waals surface area contributed by atoms with Gasteiger partial charge in [-0.25, -0.2) is 4.98 Å². The average molecular weight is 336 g/mol. The molecule has 2 saturated heterocycles. The number of nitrogens with zero attached hydrogens (tertiary/aromatic N) is 4. The van der Waals surface area contributed by atoms with Crippen molar-refractivity contribution in [2.45, 2.75) is 18.8 Å². The molecule has 0 aliphatic carbocycles. The molecule has 25 heavy (non-hydrogen) atoms. The second kappa shape index (κ2) is 5.70. The Balaban J connectivity index is 1.74. The Labute approximate surface area is 148 Å². The van der Waals surface area contributed by atoms with E-state index in [2.05, 4.69) is 27.8 Å². The molecule has 0 N–H and O–H groups in total. The Kier molecular flexibility index (Phi) is 3.45. The van der Waals surface area contributed by atoms with Crippen molar-refractivity contribution in [3.05, 3.63) is 35.4 Å². The van der Waals surface area contributed by atoms with Gasteiger partial charge in [-0.1, -0.05) is 18.2 Å². The fourth-order valence-corrected chi connectivity index (χ4v) is 4.65. The normalized spacial score (nSPS) is 23.9. The van der Waals surface area contributed by atoms with Crippen molar-refractivity contribution in [1.82, 2.24) is 14.8 Å². The van der Waals surface area contributed by atoms with Crippen LogP contribution in [0.1, 0.15) is 34.7 Å². The molecule has 0 spiro atoms. The zero-order chi connectivity index (χ0) is 17.0. The second-order valence-corrected chi connectivity index (χ2v) is 7.62. The highest BCUT2D eigenvalue weighted by Gasteiger charge is 2.38. The number of piperazine rings is 1. The molecule has 2 aromatic rings. The fourth-order valence-electron chi connectivity index (χ4n) is 4.65. The first kappa shape index (κ1) is 15.1. The van der Waals surface area contributed by atoms with E-state index in [9.17, 15) is 4.79 Å². The van der Waals surface area contributed by atoms with Crippen molar-refractivity contribution in [1.29, 1.82) is 0 Å². The fraction of sp³-hybridized carbons (Fsp3) is 0.500. The minimum atomic E-state index is 0.208. The largest absolute Gasteiger partial charge is 0.354 e. The van der Waals surface area contributed by atoms with Crippen LogP contribution in [0.4, 0.5) is 5.82 Å². The number of likely N-dealkylation sites (N-methyl/N-ethyl adjacent to an activating group) is 1. The van der Waals surface area contributed by atoms with Crippen LogP contribution in [-0.2, 0) is 0 Å². The lowest BCUT2D eigenvalue weighted by molar-refractivity contribution is 0.0677. The molecule has 3 aliphatic rings. The van der Waals surface area contributed by atoms with E-state index in [0.717, 1.165) is 74.4 Å². The Morgan fingerprint density at radius 1 is 1.04 bits per heavy atom. The average Bonchev–Trinajstić information content (AvgIpc) is 2.66. The Hall–Kier alpha value is -2.14. The molecular weight excluding hydrogens is 312 g/mol. The molecular formula is C20H24N4O. The Morgan fingerprint density at radius 2 is 1.84 bits per heavy atom. The van der Waals surface area contributed by atoms with Gasteiger partial charge in [0.1, 0.15) is 5.82 Å². The molecule has 5 nitrogen and oxygen atoms in total. The van der Waals surface area contributed by atoms with Gasteiger partial charge in [-0.2, -0.15) is 0 Å². The quantitative estimate of drug-likeness (QED) is 0.801. The summed E-state index contributed by atoms with van der Waals surface area (Å²) < 4.78 is 0. The standard InChI is InChI=1S/C20H24N4O/c1-22-9-11-23(12-10-22)19-17-14-5-4-8-24(13-14)20(25)18(17)15-6-2-3-7-16(15)21-19/h2-3,6-7,14H,4-5,8-13H2,1H3. The number of rotatable bonds is 1. The monoisotopic (exact) mass is 336 g/mol. The number of fused-ring (bicyclic) bond motifs is 6. The van der Waals surface area contributed by atoms with Gasteiger partial charge in [-0.05, 0) is 26.0 Å². The molecule has 130 valence electrons. The summed E-state index contributed by atoms with van der Waals surface area (Å²) in [6, 6.07) is 8.15. The number of hydrogen-bond acceptors (Lipinski definition) is 4. The van der Waals surface area contributed by atoms with Gasteiger partial charge in [-0.3, -0.25) is 4.79 Å². The SMILES string of the molecule is CN1CCN(c2nc3ccccc3c3c2C2CCCN(C2)C3=O)CC1. The van der Waals surface area contributed by atoms with E-state index < -0.39 is 0 Å². The topological polar surface area (TPSA) is 39.7 Å². The molecule has 1 atom stereocenters. The van der Waals surface area contributed by atoms with Crippen LogP contribution in [0.25, 0.3) is 10.9 Å². The van der Waals surface area contributed by atoms with Crippen molar-refractivity contribution in [3.8, 4) is 0 Å². The molecule has 1 aromatic carbocycles. The van der Waals surface area contributed by atoms with E-state index in [-0.39, 0.29) is 5.91 Å². The van der Waals surface area contributed by atoms with Gasteiger partial charge >= 0.3 is 0 Å². The first-order valence-corrected chi connectivity index (χ1v) is 9.38. The van der Waals surface area contributed by atoms with E-state index in [4.69, 9.17) is 4.98 Å². The molecule has 2 fully saturated rings. The highest BCUT2D eigenvalue weighted by molar-refractivity contribution is 6.10. The van der Waals surface area contributed by atoms with Gasteiger partial charge in [-0.15, -0.1) is 0 Å². The number of carbonyl (C=O) groups excluding carboxylic acids is 1. The number of carbonyl (C=O) groups is 1. The maximum Gasteiger partial charge on any atom is 0.254 e. The maximum atomic E-state index is 13.2. The molecule has 3 aliphatic heterocycles. The second-order valence-electron chi connectivity index (χ2n) is 7.62. The maximum absolute atomic E-state index is 13.2. The van der Waals surface area contributed by atoms with Gasteiger partial charge < -0.3 is 14.7 Å². The Morgan fingerprint density at radius 3 is 2.68 bits per heavy atom. The lowest BCUT2D eigenvalue weighted by Crippen LogP contribution is -2.48. The van der Waals surface area contributed by atoms with E-state index in [1.54, 1.807) is 0 Å². The van der Waals surface area contributed by atoms with Gasteiger partial charge in [0, 0.05) is 56.1 Å². The van der Waals surface area contributed by atoms with Crippen LogP contribution in [0, 0.1) is 0 Å². The lowest BCUT2D eigenvalue weighted by Gasteiger charge is -2.42. The van der Waals surface area contributed by atoms with Gasteiger partial charge in [0.25, 0.3) is 5.91 Å². The summed E-state index contributed by atoms with van der Waals surface area (Å²) >= 11 is 0. The minimum absolute atomic E-state index is 0.208. The summed E-state index contributed by atoms with van der Waals surface area (Å²) in [5, 5.41) is 1.02. The van der Waals surface area contributed by atoms with Gasteiger partial charge in [0.05, 0.1) is 11.1 Å². The summed E-state index contributed by atoms with van der Waals surface area (Å²) in [6.45, 7) is 5.84. The van der Waals surface area contributed by atoms with Crippen molar-refractivity contribution in [2.24, 2.45) is 0 Å². The molecule has 0 saturated carbocycles. The predicted octanol–water partition coefficient (Wildman–Crippen LogP) is 2.32. The number of pyridine rings is 1. The van der Waals surface area contributed by atoms with Crippen LogP contribution < -0.4 is 4.90 Å². The Bertz CT molecular complexity index is 841. The van der Waals surface area contributed by atoms with Crippen LogP contribution in [0.5, 0.6) is 0 Å². The number of para-hydroxylation sites is 1. The number of aromatic nitrogens is 1. The van der Waals surface area contributed by atoms with Crippen molar-refractivity contribution < 1.29 is 4.79 Å². The van der Waals surface area contributed by atoms with Crippen molar-refractivity contribution >= 4 is 22.6 Å². The summed E-state index contributed by atoms with van der Waals surface area (Å²) in [7, 11) is 2.17. The van der Waals surface area contributed by atoms with Gasteiger partial charge in [0.15, 0.2) is 0 Å².